The Kier molecular flexibility index (Phi) is 5.55. The third kappa shape index (κ3) is 5.77. The summed E-state index contributed by atoms with van der Waals surface area (Å²) in [5, 5.41) is 11.3. The molecule has 0 unspecified atom stereocenters. The molecule has 0 spiro atoms. The zero-order chi connectivity index (χ0) is 18.4. The first-order chi connectivity index (χ1) is 11.7. The molecule has 2 rings (SSSR count). The number of nitrogens with one attached hydrogen (secondary N) is 1. The van der Waals surface area contributed by atoms with Gasteiger partial charge in [0.05, 0.1) is 0 Å². The van der Waals surface area contributed by atoms with Crippen LogP contribution in [-0.4, -0.2) is 25.6 Å². The van der Waals surface area contributed by atoms with Crippen LogP contribution in [0.4, 0.5) is 14.4 Å². The molecule has 0 aromatic heterocycles. The van der Waals surface area contributed by atoms with E-state index >= 15 is 0 Å². The van der Waals surface area contributed by atoms with Gasteiger partial charge in [0, 0.05) is 5.69 Å². The molecule has 0 aliphatic heterocycles. The third-order valence-electron chi connectivity index (χ3n) is 2.86. The monoisotopic (exact) mass is 369 g/mol. The van der Waals surface area contributed by atoms with E-state index in [0.29, 0.717) is 0 Å². The second kappa shape index (κ2) is 7.62. The van der Waals surface area contributed by atoms with E-state index in [4.69, 9.17) is 9.84 Å². The number of halogens is 1. The van der Waals surface area contributed by atoms with Gasteiger partial charge < -0.3 is 14.0 Å². The number of rotatable bonds is 6. The van der Waals surface area contributed by atoms with Crippen molar-refractivity contribution in [3.8, 4) is 5.75 Å². The predicted molar refractivity (Wildman–Crippen MR) is 84.3 cm³/mol. The predicted octanol–water partition coefficient (Wildman–Crippen LogP) is 2.73. The highest BCUT2D eigenvalue weighted by Crippen LogP contribution is 2.25. The molecular formula is C15H12FNO7S. The molecule has 1 amide bonds. The number of carbonyl (C=O) groups excluding carboxylic acids is 1. The summed E-state index contributed by atoms with van der Waals surface area (Å²) in [5.41, 5.74) is 0.0990. The van der Waals surface area contributed by atoms with Gasteiger partial charge in [0.2, 0.25) is 0 Å². The first-order valence-corrected chi connectivity index (χ1v) is 8.04. The minimum atomic E-state index is -5.38. The molecule has 0 radical (unpaired) electrons. The van der Waals surface area contributed by atoms with Crippen molar-refractivity contribution in [1.29, 1.82) is 0 Å². The van der Waals surface area contributed by atoms with Gasteiger partial charge in [0.25, 0.3) is 0 Å². The Balaban J connectivity index is 2.07. The number of ether oxygens (including phenoxy) is 1. The summed E-state index contributed by atoms with van der Waals surface area (Å²) >= 11 is 0. The molecule has 0 atom stereocenters. The fourth-order valence-electron chi connectivity index (χ4n) is 1.83. The van der Waals surface area contributed by atoms with Gasteiger partial charge in [-0.05, 0) is 23.8 Å². The molecular weight excluding hydrogens is 357 g/mol. The molecule has 2 N–H and O–H groups in total. The molecule has 2 aromatic carbocycles. The standard InChI is InChI=1S/C15H12FNO7S/c16-25(21,22)24-13-7-6-11(8-12(13)14(18)19)17-15(20)23-9-10-4-2-1-3-5-10/h1-8H,9H2,(H,17,20)(H,18,19). The molecule has 0 aliphatic rings. The maximum Gasteiger partial charge on any atom is 0.488 e. The second-order valence-electron chi connectivity index (χ2n) is 4.68. The summed E-state index contributed by atoms with van der Waals surface area (Å²) in [5.74, 6) is -2.29. The number of benzene rings is 2. The zero-order valence-corrected chi connectivity index (χ0v) is 13.3. The first-order valence-electron chi connectivity index (χ1n) is 6.74. The van der Waals surface area contributed by atoms with Crippen LogP contribution in [0.1, 0.15) is 15.9 Å². The van der Waals surface area contributed by atoms with Crippen LogP contribution in [0.15, 0.2) is 48.5 Å². The van der Waals surface area contributed by atoms with Crippen LogP contribution in [0.25, 0.3) is 0 Å². The lowest BCUT2D eigenvalue weighted by atomic mass is 10.2. The number of anilines is 1. The highest BCUT2D eigenvalue weighted by atomic mass is 32.3. The van der Waals surface area contributed by atoms with Gasteiger partial charge in [-0.3, -0.25) is 5.32 Å². The molecule has 0 heterocycles. The largest absolute Gasteiger partial charge is 0.488 e. The van der Waals surface area contributed by atoms with Crippen molar-refractivity contribution < 1.29 is 35.9 Å². The van der Waals surface area contributed by atoms with Crippen LogP contribution in [0, 0.1) is 0 Å². The van der Waals surface area contributed by atoms with Gasteiger partial charge in [-0.1, -0.05) is 34.2 Å². The van der Waals surface area contributed by atoms with Gasteiger partial charge in [-0.15, -0.1) is 0 Å². The molecule has 132 valence electrons. The Morgan fingerprint density at radius 3 is 2.40 bits per heavy atom. The van der Waals surface area contributed by atoms with Gasteiger partial charge in [-0.25, -0.2) is 9.59 Å². The van der Waals surface area contributed by atoms with Crippen molar-refractivity contribution >= 4 is 28.3 Å². The molecule has 2 aromatic rings. The summed E-state index contributed by atoms with van der Waals surface area (Å²) < 4.78 is 42.4. The van der Waals surface area contributed by atoms with E-state index in [1.54, 1.807) is 30.3 Å². The van der Waals surface area contributed by atoms with Gasteiger partial charge >= 0.3 is 22.6 Å². The first kappa shape index (κ1) is 18.2. The third-order valence-corrected chi connectivity index (χ3v) is 3.24. The summed E-state index contributed by atoms with van der Waals surface area (Å²) in [4.78, 5) is 22.8. The Morgan fingerprint density at radius 1 is 1.12 bits per heavy atom. The van der Waals surface area contributed by atoms with E-state index in [0.717, 1.165) is 23.8 Å². The van der Waals surface area contributed by atoms with E-state index in [9.17, 15) is 21.9 Å². The van der Waals surface area contributed by atoms with Crippen LogP contribution >= 0.6 is 0 Å². The highest BCUT2D eigenvalue weighted by Gasteiger charge is 2.19. The maximum atomic E-state index is 12.6. The normalized spacial score (nSPS) is 10.8. The van der Waals surface area contributed by atoms with Crippen LogP contribution in [0.2, 0.25) is 0 Å². The average molecular weight is 369 g/mol. The Hall–Kier alpha value is -3.14. The molecule has 25 heavy (non-hydrogen) atoms. The number of amides is 1. The lowest BCUT2D eigenvalue weighted by molar-refractivity contribution is 0.0695. The summed E-state index contributed by atoms with van der Waals surface area (Å²) in [6.07, 6.45) is -0.855. The van der Waals surface area contributed by atoms with Gasteiger partial charge in [0.15, 0.2) is 5.75 Å². The summed E-state index contributed by atoms with van der Waals surface area (Å²) in [6, 6.07) is 11.8. The van der Waals surface area contributed by atoms with Gasteiger partial charge in [0.1, 0.15) is 12.2 Å². The fraction of sp³-hybridized carbons (Fsp3) is 0.0667. The lowest BCUT2D eigenvalue weighted by Crippen LogP contribution is -2.14. The van der Waals surface area contributed by atoms with E-state index < -0.39 is 33.9 Å². The molecule has 10 heteroatoms. The molecule has 0 saturated carbocycles. The maximum absolute atomic E-state index is 12.6. The zero-order valence-electron chi connectivity index (χ0n) is 12.5. The Labute approximate surface area is 142 Å². The highest BCUT2D eigenvalue weighted by molar-refractivity contribution is 7.81. The fourth-order valence-corrected chi connectivity index (χ4v) is 2.19. The molecule has 8 nitrogen and oxygen atoms in total. The molecule has 0 aliphatic carbocycles. The number of carboxylic acids is 1. The SMILES string of the molecule is O=C(Nc1ccc(OS(=O)(=O)F)c(C(=O)O)c1)OCc1ccccc1. The van der Waals surface area contributed by atoms with Gasteiger partial charge in [-0.2, -0.15) is 8.42 Å². The van der Waals surface area contributed by atoms with E-state index in [-0.39, 0.29) is 12.3 Å². The summed E-state index contributed by atoms with van der Waals surface area (Å²) in [7, 11) is -5.38. The van der Waals surface area contributed by atoms with E-state index in [1.807, 2.05) is 0 Å². The summed E-state index contributed by atoms with van der Waals surface area (Å²) in [6.45, 7) is -0.000247. The minimum Gasteiger partial charge on any atom is -0.478 e. The van der Waals surface area contributed by atoms with Crippen molar-refractivity contribution in [3.63, 3.8) is 0 Å². The van der Waals surface area contributed by atoms with Crippen LogP contribution in [-0.2, 0) is 21.8 Å². The van der Waals surface area contributed by atoms with Crippen LogP contribution < -0.4 is 9.50 Å². The minimum absolute atomic E-state index is 0.000247. The number of hydrogen-bond donors (Lipinski definition) is 2. The average Bonchev–Trinajstić information content (AvgIpc) is 2.54. The van der Waals surface area contributed by atoms with E-state index in [1.165, 1.54) is 0 Å². The number of carboxylic acid groups (broad SMARTS) is 1. The molecule has 0 saturated heterocycles. The Morgan fingerprint density at radius 2 is 1.80 bits per heavy atom. The van der Waals surface area contributed by atoms with Crippen molar-refractivity contribution in [3.05, 3.63) is 59.7 Å². The number of carbonyl (C=O) groups is 2. The smallest absolute Gasteiger partial charge is 0.478 e. The van der Waals surface area contributed by atoms with Crippen LogP contribution in [0.5, 0.6) is 5.75 Å². The van der Waals surface area contributed by atoms with Crippen molar-refractivity contribution in [1.82, 2.24) is 0 Å². The van der Waals surface area contributed by atoms with E-state index in [2.05, 4.69) is 9.50 Å². The molecule has 0 bridgehead atoms. The number of aromatic carboxylic acids is 1. The van der Waals surface area contributed by atoms with Crippen molar-refractivity contribution in [2.45, 2.75) is 6.61 Å². The van der Waals surface area contributed by atoms with Crippen molar-refractivity contribution in [2.75, 3.05) is 5.32 Å². The lowest BCUT2D eigenvalue weighted by Gasteiger charge is -2.09. The quantitative estimate of drug-likeness (QED) is 0.751. The van der Waals surface area contributed by atoms with Crippen molar-refractivity contribution in [2.24, 2.45) is 0 Å². The van der Waals surface area contributed by atoms with Crippen LogP contribution in [0.3, 0.4) is 0 Å². The Bertz CT molecular complexity index is 884. The number of hydrogen-bond acceptors (Lipinski definition) is 6. The second-order valence-corrected chi connectivity index (χ2v) is 5.63. The topological polar surface area (TPSA) is 119 Å². The molecule has 0 fully saturated rings.